The fourth-order valence-electron chi connectivity index (χ4n) is 8.06. The van der Waals surface area contributed by atoms with E-state index in [1.54, 1.807) is 0 Å². The topological polar surface area (TPSA) is 0 Å². The monoisotopic (exact) mass is 536 g/mol. The number of halogens is 1. The van der Waals surface area contributed by atoms with Crippen LogP contribution < -0.4 is 0 Å². The largest absolute Gasteiger partial charge is 0.0843 e. The first-order valence-electron chi connectivity index (χ1n) is 14.5. The van der Waals surface area contributed by atoms with Crippen molar-refractivity contribution < 1.29 is 0 Å². The van der Waals surface area contributed by atoms with Crippen molar-refractivity contribution in [2.24, 2.45) is 0 Å². The van der Waals surface area contributed by atoms with Crippen LogP contribution in [0.5, 0.6) is 0 Å². The summed E-state index contributed by atoms with van der Waals surface area (Å²) in [5, 5.41) is 0.785. The van der Waals surface area contributed by atoms with Gasteiger partial charge in [0.25, 0.3) is 0 Å². The maximum absolute atomic E-state index is 6.73. The van der Waals surface area contributed by atoms with Crippen molar-refractivity contribution in [3.05, 3.63) is 142 Å². The second-order valence-corrected chi connectivity index (χ2v) is 13.8. The zero-order chi connectivity index (χ0) is 27.4. The highest BCUT2D eigenvalue weighted by Crippen LogP contribution is 2.63. The lowest BCUT2D eigenvalue weighted by Gasteiger charge is -2.42. The van der Waals surface area contributed by atoms with Gasteiger partial charge in [0, 0.05) is 5.02 Å². The zero-order valence-corrected chi connectivity index (χ0v) is 24.4. The summed E-state index contributed by atoms with van der Waals surface area (Å²) >= 11 is 6.73. The molecule has 0 N–H and O–H groups in total. The number of fused-ring (bicyclic) bond motifs is 11. The molecule has 1 heteroatoms. The summed E-state index contributed by atoms with van der Waals surface area (Å²) in [4.78, 5) is 0. The molecule has 0 saturated heterocycles. The third kappa shape index (κ3) is 3.04. The van der Waals surface area contributed by atoms with E-state index < -0.39 is 0 Å². The van der Waals surface area contributed by atoms with Crippen LogP contribution in [0, 0.1) is 0 Å². The van der Waals surface area contributed by atoms with Crippen LogP contribution in [0.2, 0.25) is 5.02 Å². The Bertz CT molecular complexity index is 1820. The van der Waals surface area contributed by atoms with Crippen molar-refractivity contribution in [1.29, 1.82) is 0 Å². The van der Waals surface area contributed by atoms with Gasteiger partial charge in [0.05, 0.1) is 5.41 Å². The van der Waals surface area contributed by atoms with Gasteiger partial charge < -0.3 is 0 Å². The molecule has 0 bridgehead atoms. The maximum atomic E-state index is 6.73. The predicted molar refractivity (Wildman–Crippen MR) is 168 cm³/mol. The highest BCUT2D eigenvalue weighted by molar-refractivity contribution is 6.30. The standard InChI is InChI=1S/C39H33Cl/c1-37(2)19-20-38(3,4)36-22-25(14-18-33(36)37)24-13-16-29-30-17-15-26(40)23-35(30)39(34(29)21-24)31-11-7-5-9-27(31)28-10-6-8-12-32(28)39/h5-18,21-23H,19-20H2,1-4H3. The Morgan fingerprint density at radius 3 is 1.57 bits per heavy atom. The molecular formula is C39H33Cl. The van der Waals surface area contributed by atoms with E-state index in [1.807, 2.05) is 6.07 Å². The number of hydrogen-bond acceptors (Lipinski definition) is 0. The predicted octanol–water partition coefficient (Wildman–Crippen LogP) is 10.7. The quantitative estimate of drug-likeness (QED) is 0.196. The molecule has 8 rings (SSSR count). The van der Waals surface area contributed by atoms with E-state index in [2.05, 4.69) is 125 Å². The van der Waals surface area contributed by atoms with Gasteiger partial charge in [-0.05, 0) is 109 Å². The van der Waals surface area contributed by atoms with Gasteiger partial charge in [0.1, 0.15) is 0 Å². The van der Waals surface area contributed by atoms with Gasteiger partial charge in [0.15, 0.2) is 0 Å². The first-order chi connectivity index (χ1) is 19.2. The summed E-state index contributed by atoms with van der Waals surface area (Å²) < 4.78 is 0. The summed E-state index contributed by atoms with van der Waals surface area (Å²) in [6.45, 7) is 9.62. The average Bonchev–Trinajstić information content (AvgIpc) is 3.42. The van der Waals surface area contributed by atoms with Crippen molar-refractivity contribution in [2.45, 2.75) is 56.8 Å². The number of rotatable bonds is 1. The van der Waals surface area contributed by atoms with E-state index in [9.17, 15) is 0 Å². The van der Waals surface area contributed by atoms with Gasteiger partial charge >= 0.3 is 0 Å². The average molecular weight is 537 g/mol. The molecule has 0 aliphatic heterocycles. The number of hydrogen-bond donors (Lipinski definition) is 0. The first-order valence-corrected chi connectivity index (χ1v) is 14.9. The van der Waals surface area contributed by atoms with E-state index in [0.29, 0.717) is 0 Å². The van der Waals surface area contributed by atoms with Crippen LogP contribution in [-0.2, 0) is 16.2 Å². The van der Waals surface area contributed by atoms with Crippen molar-refractivity contribution in [3.63, 3.8) is 0 Å². The molecule has 3 aliphatic carbocycles. The maximum Gasteiger partial charge on any atom is 0.0726 e. The summed E-state index contributed by atoms with van der Waals surface area (Å²) in [7, 11) is 0. The lowest BCUT2D eigenvalue weighted by Crippen LogP contribution is -2.33. The molecule has 1 spiro atoms. The lowest BCUT2D eigenvalue weighted by atomic mass is 9.63. The summed E-state index contributed by atoms with van der Waals surface area (Å²) in [5.74, 6) is 0. The molecule has 0 atom stereocenters. The van der Waals surface area contributed by atoms with Gasteiger partial charge in [-0.3, -0.25) is 0 Å². The second-order valence-electron chi connectivity index (χ2n) is 13.3. The molecule has 0 radical (unpaired) electrons. The van der Waals surface area contributed by atoms with Crippen molar-refractivity contribution in [1.82, 2.24) is 0 Å². The molecule has 5 aromatic carbocycles. The Hall–Kier alpha value is -3.61. The Morgan fingerprint density at radius 2 is 0.925 bits per heavy atom. The molecular weight excluding hydrogens is 504 g/mol. The van der Waals surface area contributed by atoms with Gasteiger partial charge in [-0.1, -0.05) is 124 Å². The first kappa shape index (κ1) is 24.2. The minimum absolute atomic E-state index is 0.176. The Labute approximate surface area is 242 Å². The highest BCUT2D eigenvalue weighted by atomic mass is 35.5. The normalized spacial score (nSPS) is 18.0. The molecule has 40 heavy (non-hydrogen) atoms. The minimum atomic E-state index is -0.381. The molecule has 0 amide bonds. The van der Waals surface area contributed by atoms with Gasteiger partial charge in [-0.25, -0.2) is 0 Å². The van der Waals surface area contributed by atoms with Gasteiger partial charge in [-0.2, -0.15) is 0 Å². The van der Waals surface area contributed by atoms with Crippen LogP contribution >= 0.6 is 11.6 Å². The molecule has 196 valence electrons. The van der Waals surface area contributed by atoms with E-state index in [1.165, 1.54) is 79.6 Å². The van der Waals surface area contributed by atoms with Gasteiger partial charge in [0.2, 0.25) is 0 Å². The van der Waals surface area contributed by atoms with Crippen molar-refractivity contribution in [2.75, 3.05) is 0 Å². The van der Waals surface area contributed by atoms with Crippen LogP contribution in [0.1, 0.15) is 73.9 Å². The van der Waals surface area contributed by atoms with Crippen LogP contribution in [0.3, 0.4) is 0 Å². The Morgan fingerprint density at radius 1 is 0.450 bits per heavy atom. The van der Waals surface area contributed by atoms with Gasteiger partial charge in [-0.15, -0.1) is 0 Å². The third-order valence-electron chi connectivity index (χ3n) is 10.2. The Balaban J connectivity index is 1.42. The SMILES string of the molecule is CC1(C)CCC(C)(C)c2cc(-c3ccc4c(c3)C3(c5ccccc5-c5ccccc53)c3cc(Cl)ccc3-4)ccc21. The molecule has 0 unspecified atom stereocenters. The fourth-order valence-corrected chi connectivity index (χ4v) is 8.23. The molecule has 0 saturated carbocycles. The van der Waals surface area contributed by atoms with E-state index >= 15 is 0 Å². The van der Waals surface area contributed by atoms with Crippen LogP contribution in [0.25, 0.3) is 33.4 Å². The third-order valence-corrected chi connectivity index (χ3v) is 10.5. The smallest absolute Gasteiger partial charge is 0.0726 e. The minimum Gasteiger partial charge on any atom is -0.0843 e. The van der Waals surface area contributed by atoms with Crippen LogP contribution in [0.4, 0.5) is 0 Å². The van der Waals surface area contributed by atoms with Crippen LogP contribution in [-0.4, -0.2) is 0 Å². The summed E-state index contributed by atoms with van der Waals surface area (Å²) in [5.41, 5.74) is 16.2. The molecule has 0 aromatic heterocycles. The van der Waals surface area contributed by atoms with Crippen molar-refractivity contribution in [3.8, 4) is 33.4 Å². The number of benzene rings is 5. The summed E-state index contributed by atoms with van der Waals surface area (Å²) in [6.07, 6.45) is 2.45. The molecule has 0 nitrogen and oxygen atoms in total. The molecule has 0 fully saturated rings. The Kier molecular flexibility index (Phi) is 4.83. The van der Waals surface area contributed by atoms with E-state index in [0.717, 1.165) is 5.02 Å². The molecule has 0 heterocycles. The molecule has 5 aromatic rings. The highest BCUT2D eigenvalue weighted by Gasteiger charge is 2.51. The zero-order valence-electron chi connectivity index (χ0n) is 23.6. The fraction of sp³-hybridized carbons (Fsp3) is 0.231. The summed E-state index contributed by atoms with van der Waals surface area (Å²) in [6, 6.07) is 38.8. The lowest BCUT2D eigenvalue weighted by molar-refractivity contribution is 0.332. The van der Waals surface area contributed by atoms with E-state index in [-0.39, 0.29) is 16.2 Å². The molecule has 3 aliphatic rings. The van der Waals surface area contributed by atoms with Crippen molar-refractivity contribution >= 4 is 11.6 Å². The van der Waals surface area contributed by atoms with E-state index in [4.69, 9.17) is 11.6 Å². The van der Waals surface area contributed by atoms with Crippen LogP contribution in [0.15, 0.2) is 103 Å². The second kappa shape index (κ2) is 7.99.